The summed E-state index contributed by atoms with van der Waals surface area (Å²) in [7, 11) is 3.29. The second-order valence-electron chi connectivity index (χ2n) is 4.02. The maximum atomic E-state index is 9.87. The first kappa shape index (κ1) is 15.4. The van der Waals surface area contributed by atoms with Crippen molar-refractivity contribution in [1.29, 1.82) is 0 Å². The van der Waals surface area contributed by atoms with E-state index in [2.05, 4.69) is 21.2 Å². The van der Waals surface area contributed by atoms with Crippen molar-refractivity contribution >= 4 is 15.9 Å². The Bertz CT molecular complexity index is 360. The van der Waals surface area contributed by atoms with Crippen LogP contribution in [0, 0.1) is 0 Å². The normalized spacial score (nSPS) is 12.4. The smallest absolute Gasteiger partial charge is 0.133 e. The van der Waals surface area contributed by atoms with Crippen LogP contribution in [0.15, 0.2) is 22.7 Å². The fraction of sp³-hybridized carbons (Fsp3) is 0.538. The van der Waals surface area contributed by atoms with Crippen LogP contribution in [0.1, 0.15) is 5.56 Å². The summed E-state index contributed by atoms with van der Waals surface area (Å²) in [5, 5.41) is 13.0. The van der Waals surface area contributed by atoms with Gasteiger partial charge in [-0.3, -0.25) is 0 Å². The molecule has 0 heterocycles. The number of aliphatic hydroxyl groups excluding tert-OH is 1. The van der Waals surface area contributed by atoms with Crippen LogP contribution in [-0.4, -0.2) is 45.1 Å². The van der Waals surface area contributed by atoms with Crippen LogP contribution in [0.5, 0.6) is 5.75 Å². The van der Waals surface area contributed by atoms with E-state index in [0.29, 0.717) is 19.6 Å². The van der Waals surface area contributed by atoms with Gasteiger partial charge >= 0.3 is 0 Å². The Morgan fingerprint density at radius 1 is 1.39 bits per heavy atom. The molecule has 2 N–H and O–H groups in total. The molecular formula is C13H20BrNO3. The number of nitrogens with one attached hydrogen (secondary N) is 1. The molecule has 0 aromatic heterocycles. The summed E-state index contributed by atoms with van der Waals surface area (Å²) >= 11 is 3.43. The lowest BCUT2D eigenvalue weighted by Crippen LogP contribution is -2.30. The van der Waals surface area contributed by atoms with Crippen LogP contribution < -0.4 is 10.1 Å². The Morgan fingerprint density at radius 2 is 2.17 bits per heavy atom. The van der Waals surface area contributed by atoms with Gasteiger partial charge in [0.1, 0.15) is 5.75 Å². The molecule has 0 saturated heterocycles. The fourth-order valence-electron chi connectivity index (χ4n) is 1.62. The molecule has 0 saturated carbocycles. The third kappa shape index (κ3) is 5.35. The van der Waals surface area contributed by atoms with Gasteiger partial charge in [0, 0.05) is 20.2 Å². The van der Waals surface area contributed by atoms with Crippen LogP contribution in [-0.2, 0) is 11.2 Å². The largest absolute Gasteiger partial charge is 0.496 e. The first-order valence-electron chi connectivity index (χ1n) is 5.87. The molecule has 102 valence electrons. The molecule has 0 radical (unpaired) electrons. The number of ether oxygens (including phenoxy) is 2. The van der Waals surface area contributed by atoms with Gasteiger partial charge in [-0.05, 0) is 40.0 Å². The first-order valence-corrected chi connectivity index (χ1v) is 6.66. The van der Waals surface area contributed by atoms with E-state index < -0.39 is 6.10 Å². The molecular weight excluding hydrogens is 298 g/mol. The second-order valence-corrected chi connectivity index (χ2v) is 4.88. The van der Waals surface area contributed by atoms with E-state index in [1.54, 1.807) is 14.2 Å². The van der Waals surface area contributed by atoms with Crippen molar-refractivity contribution in [3.05, 3.63) is 28.2 Å². The predicted octanol–water partition coefficient (Wildman–Crippen LogP) is 1.60. The summed E-state index contributed by atoms with van der Waals surface area (Å²) in [6.07, 6.45) is 0.213. The molecule has 5 heteroatoms. The highest BCUT2D eigenvalue weighted by atomic mass is 79.9. The van der Waals surface area contributed by atoms with Crippen molar-refractivity contribution < 1.29 is 14.6 Å². The third-order valence-electron chi connectivity index (χ3n) is 2.55. The summed E-state index contributed by atoms with van der Waals surface area (Å²) in [5.41, 5.74) is 1.07. The van der Waals surface area contributed by atoms with Gasteiger partial charge < -0.3 is 19.9 Å². The second kappa shape index (κ2) is 8.48. The number of aliphatic hydroxyl groups is 1. The van der Waals surface area contributed by atoms with Gasteiger partial charge in [-0.1, -0.05) is 6.07 Å². The minimum Gasteiger partial charge on any atom is -0.496 e. The molecule has 1 unspecified atom stereocenters. The van der Waals surface area contributed by atoms with Crippen LogP contribution in [0.3, 0.4) is 0 Å². The van der Waals surface area contributed by atoms with Gasteiger partial charge in [0.05, 0.1) is 24.3 Å². The molecule has 1 aromatic carbocycles. The maximum absolute atomic E-state index is 9.87. The summed E-state index contributed by atoms with van der Waals surface area (Å²) in [5.74, 6) is 0.798. The summed E-state index contributed by atoms with van der Waals surface area (Å²) in [6.45, 7) is 1.97. The Kier molecular flexibility index (Phi) is 7.27. The van der Waals surface area contributed by atoms with Gasteiger partial charge in [0.15, 0.2) is 0 Å². The summed E-state index contributed by atoms with van der Waals surface area (Å²) < 4.78 is 11.0. The Labute approximate surface area is 116 Å². The predicted molar refractivity (Wildman–Crippen MR) is 75.2 cm³/mol. The van der Waals surface area contributed by atoms with Gasteiger partial charge in [-0.15, -0.1) is 0 Å². The zero-order chi connectivity index (χ0) is 13.4. The number of hydrogen-bond acceptors (Lipinski definition) is 4. The molecule has 0 aliphatic rings. The van der Waals surface area contributed by atoms with Crippen molar-refractivity contribution in [3.63, 3.8) is 0 Å². The molecule has 4 nitrogen and oxygen atoms in total. The molecule has 0 aliphatic heterocycles. The van der Waals surface area contributed by atoms with Crippen molar-refractivity contribution in [2.24, 2.45) is 0 Å². The quantitative estimate of drug-likeness (QED) is 0.715. The van der Waals surface area contributed by atoms with Crippen LogP contribution in [0.2, 0.25) is 0 Å². The monoisotopic (exact) mass is 317 g/mol. The van der Waals surface area contributed by atoms with Crippen molar-refractivity contribution in [1.82, 2.24) is 5.32 Å². The highest BCUT2D eigenvalue weighted by Crippen LogP contribution is 2.25. The first-order chi connectivity index (χ1) is 8.67. The summed E-state index contributed by atoms with van der Waals surface area (Å²) in [6, 6.07) is 5.82. The molecule has 0 amide bonds. The van der Waals surface area contributed by atoms with E-state index in [0.717, 1.165) is 22.3 Å². The van der Waals surface area contributed by atoms with Crippen molar-refractivity contribution in [2.45, 2.75) is 12.5 Å². The van der Waals surface area contributed by atoms with E-state index in [4.69, 9.17) is 9.47 Å². The van der Waals surface area contributed by atoms with E-state index in [1.807, 2.05) is 18.2 Å². The molecule has 0 fully saturated rings. The van der Waals surface area contributed by atoms with Gasteiger partial charge in [0.25, 0.3) is 0 Å². The van der Waals surface area contributed by atoms with E-state index in [9.17, 15) is 5.11 Å². The molecule has 0 aliphatic carbocycles. The molecule has 1 aromatic rings. The van der Waals surface area contributed by atoms with Crippen LogP contribution in [0.4, 0.5) is 0 Å². The average Bonchev–Trinajstić information content (AvgIpc) is 2.35. The third-order valence-corrected chi connectivity index (χ3v) is 3.17. The lowest BCUT2D eigenvalue weighted by Gasteiger charge is -2.12. The Hall–Kier alpha value is -0.620. The highest BCUT2D eigenvalue weighted by molar-refractivity contribution is 9.10. The maximum Gasteiger partial charge on any atom is 0.133 e. The molecule has 1 atom stereocenters. The highest BCUT2D eigenvalue weighted by Gasteiger charge is 2.07. The van der Waals surface area contributed by atoms with Crippen molar-refractivity contribution in [2.75, 3.05) is 33.9 Å². The molecule has 1 rings (SSSR count). The lowest BCUT2D eigenvalue weighted by atomic mass is 10.1. The minimum absolute atomic E-state index is 0.401. The van der Waals surface area contributed by atoms with E-state index in [1.165, 1.54) is 0 Å². The zero-order valence-electron chi connectivity index (χ0n) is 10.8. The van der Waals surface area contributed by atoms with Gasteiger partial charge in [-0.2, -0.15) is 0 Å². The number of methoxy groups -OCH3 is 2. The van der Waals surface area contributed by atoms with Crippen LogP contribution >= 0.6 is 15.9 Å². The van der Waals surface area contributed by atoms with Crippen LogP contribution in [0.25, 0.3) is 0 Å². The molecule has 0 bridgehead atoms. The number of rotatable bonds is 8. The lowest BCUT2D eigenvalue weighted by molar-refractivity contribution is 0.160. The van der Waals surface area contributed by atoms with E-state index in [-0.39, 0.29) is 0 Å². The topological polar surface area (TPSA) is 50.7 Å². The number of benzene rings is 1. The molecule has 18 heavy (non-hydrogen) atoms. The standard InChI is InChI=1S/C13H20BrNO3/c1-17-6-5-15-9-11(16)7-10-3-4-13(18-2)12(14)8-10/h3-4,8,11,15-16H,5-7,9H2,1-2H3. The SMILES string of the molecule is COCCNCC(O)Cc1ccc(OC)c(Br)c1. The summed E-state index contributed by atoms with van der Waals surface area (Å²) in [4.78, 5) is 0. The van der Waals surface area contributed by atoms with Crippen molar-refractivity contribution in [3.8, 4) is 5.75 Å². The van der Waals surface area contributed by atoms with Gasteiger partial charge in [0.2, 0.25) is 0 Å². The van der Waals surface area contributed by atoms with E-state index >= 15 is 0 Å². The molecule has 0 spiro atoms. The Balaban J connectivity index is 2.39. The Morgan fingerprint density at radius 3 is 2.78 bits per heavy atom. The average molecular weight is 318 g/mol. The fourth-order valence-corrected chi connectivity index (χ4v) is 2.21. The zero-order valence-corrected chi connectivity index (χ0v) is 12.4. The van der Waals surface area contributed by atoms with Gasteiger partial charge in [-0.25, -0.2) is 0 Å². The number of halogens is 1. The minimum atomic E-state index is -0.401. The number of hydrogen-bond donors (Lipinski definition) is 2.